The van der Waals surface area contributed by atoms with E-state index in [0.29, 0.717) is 11.2 Å². The van der Waals surface area contributed by atoms with Gasteiger partial charge in [0.25, 0.3) is 0 Å². The van der Waals surface area contributed by atoms with Crippen LogP contribution in [-0.2, 0) is 16.1 Å². The Morgan fingerprint density at radius 3 is 2.71 bits per heavy atom. The Morgan fingerprint density at radius 1 is 1.21 bits per heavy atom. The van der Waals surface area contributed by atoms with E-state index in [1.54, 1.807) is 11.7 Å². The second-order valence-electron chi connectivity index (χ2n) is 6.44. The van der Waals surface area contributed by atoms with Crippen molar-refractivity contribution in [3.05, 3.63) is 42.5 Å². The molecule has 0 radical (unpaired) electrons. The molecule has 2 unspecified atom stereocenters. The molecule has 1 aromatic carbocycles. The summed E-state index contributed by atoms with van der Waals surface area (Å²) < 4.78 is 18.4. The summed E-state index contributed by atoms with van der Waals surface area (Å²) in [4.78, 5) is 12.3. The molecule has 0 bridgehead atoms. The molecule has 148 valence electrons. The predicted octanol–water partition coefficient (Wildman–Crippen LogP) is 0.253. The molecule has 0 saturated carbocycles. The van der Waals surface area contributed by atoms with Crippen molar-refractivity contribution in [1.82, 2.24) is 19.5 Å². The maximum absolute atomic E-state index is 10.8. The molecule has 28 heavy (non-hydrogen) atoms. The first-order chi connectivity index (χ1) is 13.6. The van der Waals surface area contributed by atoms with Crippen molar-refractivity contribution in [3.63, 3.8) is 0 Å². The maximum Gasteiger partial charge on any atom is 0.167 e. The third kappa shape index (κ3) is 3.27. The zero-order chi connectivity index (χ0) is 19.7. The van der Waals surface area contributed by atoms with E-state index in [9.17, 15) is 10.2 Å². The van der Waals surface area contributed by atoms with E-state index in [2.05, 4.69) is 15.0 Å². The van der Waals surface area contributed by atoms with E-state index >= 15 is 0 Å². The largest absolute Gasteiger partial charge is 0.497 e. The van der Waals surface area contributed by atoms with Gasteiger partial charge in [-0.05, 0) is 17.7 Å². The smallest absolute Gasteiger partial charge is 0.167 e. The molecule has 1 saturated heterocycles. The van der Waals surface area contributed by atoms with E-state index in [4.69, 9.17) is 19.9 Å². The number of hydrogen-bond acceptors (Lipinski definition) is 9. The van der Waals surface area contributed by atoms with Gasteiger partial charge in [-0.3, -0.25) is 4.57 Å². The number of ether oxygens (including phenoxy) is 3. The van der Waals surface area contributed by atoms with Crippen molar-refractivity contribution >= 4 is 17.0 Å². The lowest BCUT2D eigenvalue weighted by atomic mass is 10.1. The Morgan fingerprint density at radius 2 is 2.00 bits per heavy atom. The summed E-state index contributed by atoms with van der Waals surface area (Å²) in [5, 5.41) is 20.5. The monoisotopic (exact) mass is 387 g/mol. The minimum atomic E-state index is -1.04. The minimum Gasteiger partial charge on any atom is -0.497 e. The van der Waals surface area contributed by atoms with Gasteiger partial charge in [0.2, 0.25) is 0 Å². The minimum absolute atomic E-state index is 0.238. The topological polar surface area (TPSA) is 138 Å². The van der Waals surface area contributed by atoms with E-state index in [0.717, 1.165) is 11.3 Å². The fourth-order valence-corrected chi connectivity index (χ4v) is 3.27. The van der Waals surface area contributed by atoms with E-state index < -0.39 is 24.5 Å². The summed E-state index contributed by atoms with van der Waals surface area (Å²) in [5.74, 6) is 0.983. The second-order valence-corrected chi connectivity index (χ2v) is 6.44. The lowest BCUT2D eigenvalue weighted by Gasteiger charge is -2.20. The average molecular weight is 387 g/mol. The number of aromatic nitrogens is 4. The van der Waals surface area contributed by atoms with E-state index in [1.807, 2.05) is 24.3 Å². The number of nitrogens with two attached hydrogens (primary N) is 1. The molecule has 3 aromatic rings. The Balaban J connectivity index is 1.53. The molecule has 4 atom stereocenters. The number of nitrogens with zero attached hydrogens (tertiary/aromatic N) is 4. The number of nitrogen functional groups attached to an aromatic ring is 1. The highest BCUT2D eigenvalue weighted by Crippen LogP contribution is 2.34. The Kier molecular flexibility index (Phi) is 5.09. The number of rotatable bonds is 6. The highest BCUT2D eigenvalue weighted by Gasteiger charge is 2.45. The number of imidazole rings is 1. The first-order valence-electron chi connectivity index (χ1n) is 8.74. The van der Waals surface area contributed by atoms with Crippen LogP contribution in [0.4, 0.5) is 5.82 Å². The molecule has 4 rings (SSSR count). The van der Waals surface area contributed by atoms with Crippen molar-refractivity contribution in [1.29, 1.82) is 0 Å². The predicted molar refractivity (Wildman–Crippen MR) is 98.3 cm³/mol. The molecule has 2 aromatic heterocycles. The van der Waals surface area contributed by atoms with Gasteiger partial charge in [-0.2, -0.15) is 0 Å². The highest BCUT2D eigenvalue weighted by atomic mass is 16.6. The van der Waals surface area contributed by atoms with Crippen molar-refractivity contribution in [2.75, 3.05) is 19.5 Å². The van der Waals surface area contributed by atoms with Crippen LogP contribution in [0.2, 0.25) is 0 Å². The van der Waals surface area contributed by atoms with Crippen molar-refractivity contribution in [2.45, 2.75) is 31.1 Å². The van der Waals surface area contributed by atoms with Crippen LogP contribution in [0.5, 0.6) is 5.75 Å². The van der Waals surface area contributed by atoms with Gasteiger partial charge in [-0.25, -0.2) is 15.0 Å². The fourth-order valence-electron chi connectivity index (χ4n) is 3.27. The van der Waals surface area contributed by atoms with Crippen LogP contribution in [0.1, 0.15) is 11.8 Å². The lowest BCUT2D eigenvalue weighted by Crippen LogP contribution is -2.36. The number of aliphatic hydroxyl groups is 2. The lowest BCUT2D eigenvalue weighted by molar-refractivity contribution is -0.0650. The van der Waals surface area contributed by atoms with Crippen LogP contribution in [0, 0.1) is 0 Å². The van der Waals surface area contributed by atoms with Crippen LogP contribution < -0.4 is 10.5 Å². The van der Waals surface area contributed by atoms with Gasteiger partial charge in [0.05, 0.1) is 26.7 Å². The molecule has 0 aliphatic carbocycles. The van der Waals surface area contributed by atoms with Crippen LogP contribution in [-0.4, -0.2) is 61.8 Å². The third-order valence-electron chi connectivity index (χ3n) is 4.75. The molecule has 1 fully saturated rings. The number of fused-ring (bicyclic) bond motifs is 1. The standard InChI is InChI=1S/C18H21N5O5/c1-26-11-4-2-10(3-5-11)7-27-15-12(6-24)28-18(14(15)25)23-9-22-13-16(19)20-8-21-17(13)23/h2-5,8-9,12,14-15,18,24-25H,6-7H2,1H3,(H2,19,20,21)/t12-,14?,15?,18-/m1/s1. The van der Waals surface area contributed by atoms with Gasteiger partial charge in [0, 0.05) is 0 Å². The van der Waals surface area contributed by atoms with Crippen LogP contribution in [0.3, 0.4) is 0 Å². The molecule has 0 spiro atoms. The Bertz CT molecular complexity index is 947. The van der Waals surface area contributed by atoms with Crippen LogP contribution in [0.15, 0.2) is 36.9 Å². The fraction of sp³-hybridized carbons (Fsp3) is 0.389. The molecule has 1 aliphatic heterocycles. The number of methoxy groups -OCH3 is 1. The highest BCUT2D eigenvalue weighted by molar-refractivity contribution is 5.81. The summed E-state index contributed by atoms with van der Waals surface area (Å²) in [6.07, 6.45) is -0.493. The molecular weight excluding hydrogens is 366 g/mol. The molecule has 0 amide bonds. The maximum atomic E-state index is 10.8. The summed E-state index contributed by atoms with van der Waals surface area (Å²) in [5.41, 5.74) is 7.57. The van der Waals surface area contributed by atoms with Gasteiger partial charge in [0.15, 0.2) is 17.7 Å². The quantitative estimate of drug-likeness (QED) is 0.543. The summed E-state index contributed by atoms with van der Waals surface area (Å²) in [6.45, 7) is -0.0529. The van der Waals surface area contributed by atoms with E-state index in [-0.39, 0.29) is 19.0 Å². The molecule has 10 heteroatoms. The van der Waals surface area contributed by atoms with Gasteiger partial charge in [-0.1, -0.05) is 12.1 Å². The molecule has 10 nitrogen and oxygen atoms in total. The molecule has 3 heterocycles. The Hall–Kier alpha value is -2.79. The summed E-state index contributed by atoms with van der Waals surface area (Å²) >= 11 is 0. The third-order valence-corrected chi connectivity index (χ3v) is 4.75. The zero-order valence-corrected chi connectivity index (χ0v) is 15.2. The van der Waals surface area contributed by atoms with Crippen molar-refractivity contribution < 1.29 is 24.4 Å². The first kappa shape index (κ1) is 18.6. The molecule has 1 aliphatic rings. The first-order valence-corrected chi connectivity index (χ1v) is 8.74. The van der Waals surface area contributed by atoms with Gasteiger partial charge in [0.1, 0.15) is 35.9 Å². The molecular formula is C18H21N5O5. The summed E-state index contributed by atoms with van der Waals surface area (Å²) in [7, 11) is 1.60. The molecule has 4 N–H and O–H groups in total. The number of hydrogen-bond donors (Lipinski definition) is 3. The van der Waals surface area contributed by atoms with Gasteiger partial charge >= 0.3 is 0 Å². The van der Waals surface area contributed by atoms with Crippen LogP contribution in [0.25, 0.3) is 11.2 Å². The van der Waals surface area contributed by atoms with Gasteiger partial charge < -0.3 is 30.2 Å². The summed E-state index contributed by atoms with van der Waals surface area (Å²) in [6, 6.07) is 7.40. The van der Waals surface area contributed by atoms with E-state index in [1.165, 1.54) is 12.7 Å². The number of anilines is 1. The Labute approximate surface area is 160 Å². The average Bonchev–Trinajstić information content (AvgIpc) is 3.28. The van der Waals surface area contributed by atoms with Crippen molar-refractivity contribution in [3.8, 4) is 5.75 Å². The number of aliphatic hydroxyl groups excluding tert-OH is 2. The second kappa shape index (κ2) is 7.68. The van der Waals surface area contributed by atoms with Gasteiger partial charge in [-0.15, -0.1) is 0 Å². The normalized spacial score (nSPS) is 24.7. The zero-order valence-electron chi connectivity index (χ0n) is 15.2. The van der Waals surface area contributed by atoms with Crippen LogP contribution >= 0.6 is 0 Å². The van der Waals surface area contributed by atoms with Crippen molar-refractivity contribution in [2.24, 2.45) is 0 Å². The SMILES string of the molecule is COc1ccc(COC2C(O)[C@H](n3cnc4c(N)ncnc43)O[C@@H]2CO)cc1. The number of benzene rings is 1.